The van der Waals surface area contributed by atoms with Gasteiger partial charge in [0, 0.05) is 35.5 Å². The van der Waals surface area contributed by atoms with Crippen LogP contribution in [0.25, 0.3) is 0 Å². The zero-order valence-electron chi connectivity index (χ0n) is 19.8. The van der Waals surface area contributed by atoms with E-state index in [1.165, 1.54) is 11.1 Å². The van der Waals surface area contributed by atoms with Gasteiger partial charge in [0.05, 0.1) is 12.7 Å². The monoisotopic (exact) mass is 427 g/mol. The molecule has 5 heteroatoms. The van der Waals surface area contributed by atoms with E-state index in [2.05, 4.69) is 38.2 Å². The van der Waals surface area contributed by atoms with Crippen molar-refractivity contribution in [2.75, 3.05) is 20.8 Å². The van der Waals surface area contributed by atoms with E-state index >= 15 is 0 Å². The molecule has 1 aromatic rings. The van der Waals surface area contributed by atoms with Crippen molar-refractivity contribution in [3.05, 3.63) is 23.3 Å². The molecule has 31 heavy (non-hydrogen) atoms. The molecule has 0 radical (unpaired) electrons. The summed E-state index contributed by atoms with van der Waals surface area (Å²) in [5, 5.41) is 15.9. The average Bonchev–Trinajstić information content (AvgIpc) is 3.09. The third kappa shape index (κ3) is 1.98. The van der Waals surface area contributed by atoms with Gasteiger partial charge in [-0.3, -0.25) is 0 Å². The summed E-state index contributed by atoms with van der Waals surface area (Å²) in [6, 6.07) is 4.73. The quantitative estimate of drug-likeness (QED) is 0.772. The van der Waals surface area contributed by atoms with Crippen molar-refractivity contribution in [1.82, 2.24) is 5.32 Å². The first-order valence-corrected chi connectivity index (χ1v) is 12.0. The summed E-state index contributed by atoms with van der Waals surface area (Å²) < 4.78 is 19.3. The minimum absolute atomic E-state index is 0.00105. The number of hydrogen-bond donors (Lipinski definition) is 2. The molecule has 2 spiro atoms. The van der Waals surface area contributed by atoms with Gasteiger partial charge in [0.15, 0.2) is 11.5 Å². The number of benzene rings is 1. The first-order valence-electron chi connectivity index (χ1n) is 12.0. The zero-order valence-corrected chi connectivity index (χ0v) is 19.8. The Labute approximate surface area is 185 Å². The van der Waals surface area contributed by atoms with Gasteiger partial charge in [-0.1, -0.05) is 26.8 Å². The van der Waals surface area contributed by atoms with Gasteiger partial charge in [0.2, 0.25) is 0 Å². The molecular formula is C26H37NO4. The Hall–Kier alpha value is -1.30. The van der Waals surface area contributed by atoms with E-state index in [1.807, 2.05) is 14.0 Å². The van der Waals surface area contributed by atoms with Crippen LogP contribution in [-0.4, -0.2) is 49.2 Å². The number of hydrogen-bond acceptors (Lipinski definition) is 5. The Morgan fingerprint density at radius 3 is 2.58 bits per heavy atom. The van der Waals surface area contributed by atoms with Crippen LogP contribution in [-0.2, 0) is 16.6 Å². The molecule has 2 N–H and O–H groups in total. The van der Waals surface area contributed by atoms with E-state index in [9.17, 15) is 5.11 Å². The highest BCUT2D eigenvalue weighted by Crippen LogP contribution is 2.77. The predicted molar refractivity (Wildman–Crippen MR) is 119 cm³/mol. The second-order valence-electron chi connectivity index (χ2n) is 12.0. The van der Waals surface area contributed by atoms with Gasteiger partial charge < -0.3 is 24.6 Å². The molecule has 6 aliphatic rings. The van der Waals surface area contributed by atoms with Crippen LogP contribution >= 0.6 is 0 Å². The summed E-state index contributed by atoms with van der Waals surface area (Å²) in [5.74, 6) is 1.77. The average molecular weight is 428 g/mol. The lowest BCUT2D eigenvalue weighted by molar-refractivity contribution is -0.303. The first kappa shape index (κ1) is 20.3. The fourth-order valence-corrected chi connectivity index (χ4v) is 8.68. The highest BCUT2D eigenvalue weighted by atomic mass is 16.6. The Balaban J connectivity index is 1.64. The van der Waals surface area contributed by atoms with Gasteiger partial charge in [0.25, 0.3) is 0 Å². The minimum atomic E-state index is -0.880. The number of methoxy groups -OCH3 is 2. The van der Waals surface area contributed by atoms with Gasteiger partial charge in [0.1, 0.15) is 11.7 Å². The highest BCUT2D eigenvalue weighted by Gasteiger charge is 2.81. The van der Waals surface area contributed by atoms with Gasteiger partial charge in [-0.15, -0.1) is 0 Å². The molecule has 0 amide bonds. The van der Waals surface area contributed by atoms with Gasteiger partial charge in [-0.25, -0.2) is 0 Å². The summed E-state index contributed by atoms with van der Waals surface area (Å²) in [5.41, 5.74) is 1.13. The molecule has 4 fully saturated rings. The Kier molecular flexibility index (Phi) is 3.79. The lowest BCUT2D eigenvalue weighted by Gasteiger charge is -2.74. The van der Waals surface area contributed by atoms with Crippen LogP contribution in [0.1, 0.15) is 64.5 Å². The SMILES string of the molecule is COc1ccc2c3c1OC1[C@@]4(OC)CC[C@@]5(C[C@@H]4C(C)(O)C(C)(C)C)C(C2)NCC[C@]315. The number of piperidine rings is 1. The number of rotatable bonds is 3. The number of fused-ring (bicyclic) bond motifs is 2. The van der Waals surface area contributed by atoms with Crippen molar-refractivity contribution in [2.24, 2.45) is 16.7 Å². The number of aliphatic hydroxyl groups is 1. The van der Waals surface area contributed by atoms with Gasteiger partial charge >= 0.3 is 0 Å². The maximum Gasteiger partial charge on any atom is 0.165 e. The Morgan fingerprint density at radius 2 is 1.90 bits per heavy atom. The van der Waals surface area contributed by atoms with Crippen LogP contribution in [0.3, 0.4) is 0 Å². The summed E-state index contributed by atoms with van der Waals surface area (Å²) in [6.07, 6.45) is 4.99. The summed E-state index contributed by atoms with van der Waals surface area (Å²) >= 11 is 0. The molecule has 7 rings (SSSR count). The van der Waals surface area contributed by atoms with Crippen molar-refractivity contribution < 1.29 is 19.3 Å². The molecule has 2 aliphatic heterocycles. The first-order chi connectivity index (χ1) is 14.6. The smallest absolute Gasteiger partial charge is 0.165 e. The van der Waals surface area contributed by atoms with Gasteiger partial charge in [-0.2, -0.15) is 0 Å². The second-order valence-corrected chi connectivity index (χ2v) is 12.0. The minimum Gasteiger partial charge on any atom is -0.493 e. The highest BCUT2D eigenvalue weighted by molar-refractivity contribution is 5.63. The Morgan fingerprint density at radius 1 is 1.13 bits per heavy atom. The normalized spacial score (nSPS) is 43.8. The maximum atomic E-state index is 12.0. The molecule has 1 saturated heterocycles. The standard InChI is InChI=1S/C26H37NO4/c1-22(2,3)23(4,28)17-14-24-9-10-26(17,30-6)21-25(24)11-12-27-18(24)13-15-7-8-16(29-5)20(31-21)19(15)25/h7-8,17-18,21,27-28H,9-14H2,1-6H3/t17-,18?,21?,23?,24-,25+,26-/m1/s1. The third-order valence-corrected chi connectivity index (χ3v) is 10.6. The molecular weight excluding hydrogens is 390 g/mol. The Bertz CT molecular complexity index is 951. The topological polar surface area (TPSA) is 60.0 Å². The van der Waals surface area contributed by atoms with E-state index in [4.69, 9.17) is 14.2 Å². The maximum absolute atomic E-state index is 12.0. The fourth-order valence-electron chi connectivity index (χ4n) is 8.68. The lowest BCUT2D eigenvalue weighted by Crippen LogP contribution is -2.83. The van der Waals surface area contributed by atoms with Crippen molar-refractivity contribution in [1.29, 1.82) is 0 Å². The molecule has 4 aliphatic carbocycles. The molecule has 7 atom stereocenters. The van der Waals surface area contributed by atoms with Crippen LogP contribution < -0.4 is 14.8 Å². The van der Waals surface area contributed by atoms with Crippen LogP contribution in [0.4, 0.5) is 0 Å². The van der Waals surface area contributed by atoms with Crippen LogP contribution in [0.15, 0.2) is 12.1 Å². The molecule has 4 bridgehead atoms. The number of ether oxygens (including phenoxy) is 3. The van der Waals surface area contributed by atoms with Crippen molar-refractivity contribution in [3.8, 4) is 11.5 Å². The van der Waals surface area contributed by atoms with E-state index in [0.29, 0.717) is 6.04 Å². The van der Waals surface area contributed by atoms with E-state index in [-0.39, 0.29) is 28.3 Å². The molecule has 3 saturated carbocycles. The number of nitrogens with one attached hydrogen (secondary N) is 1. The predicted octanol–water partition coefficient (Wildman–Crippen LogP) is 3.59. The second kappa shape index (κ2) is 5.78. The largest absolute Gasteiger partial charge is 0.493 e. The third-order valence-electron chi connectivity index (χ3n) is 10.6. The molecule has 3 unspecified atom stereocenters. The fraction of sp³-hybridized carbons (Fsp3) is 0.769. The molecule has 1 aromatic carbocycles. The molecule has 2 heterocycles. The molecule has 170 valence electrons. The lowest BCUT2D eigenvalue weighted by atomic mass is 9.33. The van der Waals surface area contributed by atoms with Gasteiger partial charge in [-0.05, 0) is 62.6 Å². The van der Waals surface area contributed by atoms with Crippen LogP contribution in [0, 0.1) is 16.7 Å². The van der Waals surface area contributed by atoms with Crippen molar-refractivity contribution in [2.45, 2.75) is 88.6 Å². The summed E-state index contributed by atoms with van der Waals surface area (Å²) in [4.78, 5) is 0. The van der Waals surface area contributed by atoms with Crippen molar-refractivity contribution >= 4 is 0 Å². The summed E-state index contributed by atoms with van der Waals surface area (Å²) in [6.45, 7) is 9.48. The van der Waals surface area contributed by atoms with Crippen molar-refractivity contribution in [3.63, 3.8) is 0 Å². The summed E-state index contributed by atoms with van der Waals surface area (Å²) in [7, 11) is 3.57. The molecule has 0 aromatic heterocycles. The van der Waals surface area contributed by atoms with E-state index < -0.39 is 11.2 Å². The zero-order chi connectivity index (χ0) is 22.0. The van der Waals surface area contributed by atoms with E-state index in [0.717, 1.165) is 50.1 Å². The van der Waals surface area contributed by atoms with E-state index in [1.54, 1.807) is 7.11 Å². The van der Waals surface area contributed by atoms with Crippen LogP contribution in [0.2, 0.25) is 0 Å². The van der Waals surface area contributed by atoms with Crippen LogP contribution in [0.5, 0.6) is 11.5 Å². The molecule has 5 nitrogen and oxygen atoms in total.